The standard InChI is InChI=1S/C18H18N2O/c1-13-3-5-14(6-4-13)15-11-17-16-7-8-18(21-2)20(16)10-9-19(17)12-15/h3-8,11-12H,9-10H2,1-2H3. The number of fused-ring (bicyclic) bond motifs is 3. The molecule has 0 saturated heterocycles. The lowest BCUT2D eigenvalue weighted by Gasteiger charge is -2.20. The third-order valence-corrected chi connectivity index (χ3v) is 4.26. The van der Waals surface area contributed by atoms with Gasteiger partial charge in [-0.2, -0.15) is 0 Å². The molecule has 0 unspecified atom stereocenters. The molecule has 4 rings (SSSR count). The summed E-state index contributed by atoms with van der Waals surface area (Å²) in [6, 6.07) is 15.2. The summed E-state index contributed by atoms with van der Waals surface area (Å²) in [4.78, 5) is 0. The number of benzene rings is 1. The number of ether oxygens (including phenoxy) is 1. The van der Waals surface area contributed by atoms with Crippen LogP contribution in [0.2, 0.25) is 0 Å². The minimum absolute atomic E-state index is 0.939. The molecule has 0 bridgehead atoms. The van der Waals surface area contributed by atoms with Crippen LogP contribution >= 0.6 is 0 Å². The maximum Gasteiger partial charge on any atom is 0.193 e. The molecule has 21 heavy (non-hydrogen) atoms. The highest BCUT2D eigenvalue weighted by atomic mass is 16.5. The first-order valence-electron chi connectivity index (χ1n) is 7.27. The predicted octanol–water partition coefficient (Wildman–Crippen LogP) is 3.95. The van der Waals surface area contributed by atoms with Crippen molar-refractivity contribution in [3.05, 3.63) is 54.2 Å². The predicted molar refractivity (Wildman–Crippen MR) is 84.6 cm³/mol. The van der Waals surface area contributed by atoms with Crippen LogP contribution in [0.15, 0.2) is 48.7 Å². The van der Waals surface area contributed by atoms with Crippen LogP contribution in [0, 0.1) is 6.92 Å². The summed E-state index contributed by atoms with van der Waals surface area (Å²) in [5.41, 5.74) is 6.34. The van der Waals surface area contributed by atoms with Crippen molar-refractivity contribution in [3.8, 4) is 28.4 Å². The van der Waals surface area contributed by atoms with Crippen LogP contribution in [-0.4, -0.2) is 16.2 Å². The number of hydrogen-bond donors (Lipinski definition) is 0. The first-order chi connectivity index (χ1) is 10.3. The Morgan fingerprint density at radius 3 is 2.48 bits per heavy atom. The molecule has 3 aromatic rings. The zero-order valence-corrected chi connectivity index (χ0v) is 12.3. The summed E-state index contributed by atoms with van der Waals surface area (Å²) in [7, 11) is 1.73. The van der Waals surface area contributed by atoms with Gasteiger partial charge in [0.15, 0.2) is 5.88 Å². The van der Waals surface area contributed by atoms with Gasteiger partial charge in [0.2, 0.25) is 0 Å². The van der Waals surface area contributed by atoms with Gasteiger partial charge in [-0.15, -0.1) is 0 Å². The Labute approximate surface area is 124 Å². The van der Waals surface area contributed by atoms with E-state index in [9.17, 15) is 0 Å². The Hall–Kier alpha value is -2.42. The molecule has 1 aliphatic heterocycles. The summed E-state index contributed by atoms with van der Waals surface area (Å²) in [5, 5.41) is 0. The highest BCUT2D eigenvalue weighted by Gasteiger charge is 2.20. The highest BCUT2D eigenvalue weighted by Crippen LogP contribution is 2.34. The lowest BCUT2D eigenvalue weighted by Crippen LogP contribution is -2.15. The SMILES string of the molecule is COc1ccc2n1CCn1cc(-c3ccc(C)cc3)cc1-2. The van der Waals surface area contributed by atoms with Crippen LogP contribution in [0.1, 0.15) is 5.56 Å². The minimum atomic E-state index is 0.939. The average molecular weight is 278 g/mol. The summed E-state index contributed by atoms with van der Waals surface area (Å²) in [5.74, 6) is 0.939. The van der Waals surface area contributed by atoms with Crippen molar-refractivity contribution in [2.24, 2.45) is 0 Å². The van der Waals surface area contributed by atoms with Gasteiger partial charge in [-0.25, -0.2) is 0 Å². The minimum Gasteiger partial charge on any atom is -0.482 e. The molecule has 3 heteroatoms. The average Bonchev–Trinajstić information content (AvgIpc) is 3.10. The normalized spacial score (nSPS) is 12.9. The Kier molecular flexibility index (Phi) is 2.67. The van der Waals surface area contributed by atoms with E-state index >= 15 is 0 Å². The number of methoxy groups -OCH3 is 1. The van der Waals surface area contributed by atoms with Gasteiger partial charge in [0.1, 0.15) is 0 Å². The van der Waals surface area contributed by atoms with Gasteiger partial charge < -0.3 is 13.9 Å². The molecule has 106 valence electrons. The Balaban J connectivity index is 1.81. The zero-order chi connectivity index (χ0) is 14.4. The van der Waals surface area contributed by atoms with Gasteiger partial charge in [-0.1, -0.05) is 29.8 Å². The molecule has 3 heterocycles. The molecule has 0 fully saturated rings. The molecule has 0 radical (unpaired) electrons. The van der Waals surface area contributed by atoms with Gasteiger partial charge in [0.05, 0.1) is 18.5 Å². The van der Waals surface area contributed by atoms with E-state index in [-0.39, 0.29) is 0 Å². The number of rotatable bonds is 2. The van der Waals surface area contributed by atoms with E-state index in [4.69, 9.17) is 4.74 Å². The summed E-state index contributed by atoms with van der Waals surface area (Å²) < 4.78 is 10.0. The van der Waals surface area contributed by atoms with Gasteiger partial charge in [0.25, 0.3) is 0 Å². The monoisotopic (exact) mass is 278 g/mol. The largest absolute Gasteiger partial charge is 0.482 e. The van der Waals surface area contributed by atoms with Crippen LogP contribution in [0.3, 0.4) is 0 Å². The van der Waals surface area contributed by atoms with Crippen LogP contribution in [-0.2, 0) is 13.1 Å². The summed E-state index contributed by atoms with van der Waals surface area (Å²) >= 11 is 0. The molecular weight excluding hydrogens is 260 g/mol. The van der Waals surface area contributed by atoms with E-state index in [1.807, 2.05) is 6.07 Å². The molecule has 2 aromatic heterocycles. The quantitative estimate of drug-likeness (QED) is 0.694. The Morgan fingerprint density at radius 1 is 0.905 bits per heavy atom. The molecule has 1 aliphatic rings. The Morgan fingerprint density at radius 2 is 1.71 bits per heavy atom. The fraction of sp³-hybridized carbons (Fsp3) is 0.222. The molecule has 0 aliphatic carbocycles. The lowest BCUT2D eigenvalue weighted by molar-refractivity contribution is 0.365. The van der Waals surface area contributed by atoms with E-state index in [0.717, 1.165) is 19.0 Å². The highest BCUT2D eigenvalue weighted by molar-refractivity contribution is 5.72. The smallest absolute Gasteiger partial charge is 0.193 e. The number of aromatic nitrogens is 2. The van der Waals surface area contributed by atoms with Crippen LogP contribution < -0.4 is 4.74 Å². The van der Waals surface area contributed by atoms with Crippen molar-refractivity contribution in [3.63, 3.8) is 0 Å². The molecule has 0 N–H and O–H groups in total. The van der Waals surface area contributed by atoms with E-state index in [0.29, 0.717) is 0 Å². The molecule has 0 spiro atoms. The second-order valence-electron chi connectivity index (χ2n) is 5.59. The molecule has 3 nitrogen and oxygen atoms in total. The fourth-order valence-corrected chi connectivity index (χ4v) is 3.10. The van der Waals surface area contributed by atoms with E-state index < -0.39 is 0 Å². The van der Waals surface area contributed by atoms with Crippen molar-refractivity contribution in [1.82, 2.24) is 9.13 Å². The van der Waals surface area contributed by atoms with Crippen molar-refractivity contribution in [2.75, 3.05) is 7.11 Å². The van der Waals surface area contributed by atoms with Gasteiger partial charge >= 0.3 is 0 Å². The molecule has 0 atom stereocenters. The van der Waals surface area contributed by atoms with Gasteiger partial charge in [0, 0.05) is 30.9 Å². The van der Waals surface area contributed by atoms with Crippen LogP contribution in [0.4, 0.5) is 0 Å². The lowest BCUT2D eigenvalue weighted by atomic mass is 10.1. The second-order valence-corrected chi connectivity index (χ2v) is 5.59. The van der Waals surface area contributed by atoms with Crippen molar-refractivity contribution in [1.29, 1.82) is 0 Å². The topological polar surface area (TPSA) is 19.1 Å². The summed E-state index contributed by atoms with van der Waals surface area (Å²) in [6.07, 6.45) is 2.25. The number of hydrogen-bond acceptors (Lipinski definition) is 1. The van der Waals surface area contributed by atoms with Crippen molar-refractivity contribution >= 4 is 0 Å². The molecule has 0 amide bonds. The molecular formula is C18H18N2O. The second kappa shape index (κ2) is 4.55. The van der Waals surface area contributed by atoms with E-state index in [1.54, 1.807) is 7.11 Å². The zero-order valence-electron chi connectivity index (χ0n) is 12.3. The van der Waals surface area contributed by atoms with Crippen molar-refractivity contribution in [2.45, 2.75) is 20.0 Å². The first-order valence-corrected chi connectivity index (χ1v) is 7.27. The fourth-order valence-electron chi connectivity index (χ4n) is 3.10. The third kappa shape index (κ3) is 1.88. The van der Waals surface area contributed by atoms with E-state index in [2.05, 4.69) is 58.7 Å². The van der Waals surface area contributed by atoms with Gasteiger partial charge in [-0.3, -0.25) is 0 Å². The van der Waals surface area contributed by atoms with E-state index in [1.165, 1.54) is 28.1 Å². The third-order valence-electron chi connectivity index (χ3n) is 4.26. The number of aryl methyl sites for hydroxylation is 2. The maximum absolute atomic E-state index is 5.43. The molecule has 0 saturated carbocycles. The number of nitrogens with zero attached hydrogens (tertiary/aromatic N) is 2. The first kappa shape index (κ1) is 12.3. The van der Waals surface area contributed by atoms with Crippen molar-refractivity contribution < 1.29 is 4.74 Å². The van der Waals surface area contributed by atoms with Gasteiger partial charge in [-0.05, 0) is 24.6 Å². The molecule has 1 aromatic carbocycles. The maximum atomic E-state index is 5.43. The van der Waals surface area contributed by atoms with Crippen LogP contribution in [0.5, 0.6) is 5.88 Å². The van der Waals surface area contributed by atoms with Crippen LogP contribution in [0.25, 0.3) is 22.5 Å². The Bertz CT molecular complexity index is 793. The summed E-state index contributed by atoms with van der Waals surface area (Å²) in [6.45, 7) is 4.06.